The first-order valence-electron chi connectivity index (χ1n) is 7.90. The van der Waals surface area contributed by atoms with E-state index in [1.165, 1.54) is 28.9 Å². The van der Waals surface area contributed by atoms with Gasteiger partial charge >= 0.3 is 0 Å². The summed E-state index contributed by atoms with van der Waals surface area (Å²) in [6, 6.07) is 10.3. The first-order valence-corrected chi connectivity index (χ1v) is 10.1. The average molecular weight is 424 g/mol. The van der Waals surface area contributed by atoms with Crippen LogP contribution in [0.15, 0.2) is 42.5 Å². The van der Waals surface area contributed by atoms with E-state index in [-0.39, 0.29) is 16.4 Å². The van der Waals surface area contributed by atoms with Crippen LogP contribution in [-0.2, 0) is 22.3 Å². The summed E-state index contributed by atoms with van der Waals surface area (Å²) < 4.78 is 26.7. The summed E-state index contributed by atoms with van der Waals surface area (Å²) in [5.41, 5.74) is 2.18. The SMILES string of the molecule is O=C(Nc1c2c(nn1-c1ccc(F)cc1)C[S@@](=O)C2)c1ccc(Cl)cc1Cl. The third kappa shape index (κ3) is 3.50. The van der Waals surface area contributed by atoms with Crippen molar-refractivity contribution >= 4 is 45.7 Å². The van der Waals surface area contributed by atoms with Crippen LogP contribution in [0.2, 0.25) is 10.0 Å². The highest BCUT2D eigenvalue weighted by molar-refractivity contribution is 7.83. The third-order valence-electron chi connectivity index (χ3n) is 4.15. The fourth-order valence-corrected chi connectivity index (χ4v) is 4.63. The number of aromatic nitrogens is 2. The van der Waals surface area contributed by atoms with Gasteiger partial charge in [0.2, 0.25) is 0 Å². The lowest BCUT2D eigenvalue weighted by Crippen LogP contribution is -2.17. The predicted molar refractivity (Wildman–Crippen MR) is 103 cm³/mol. The summed E-state index contributed by atoms with van der Waals surface area (Å²) in [7, 11) is -1.06. The van der Waals surface area contributed by atoms with E-state index in [1.54, 1.807) is 18.2 Å². The van der Waals surface area contributed by atoms with Crippen molar-refractivity contribution in [3.8, 4) is 5.69 Å². The Balaban J connectivity index is 1.76. The minimum absolute atomic E-state index is 0.216. The van der Waals surface area contributed by atoms with Crippen molar-refractivity contribution in [3.05, 3.63) is 75.1 Å². The van der Waals surface area contributed by atoms with Crippen LogP contribution in [0.1, 0.15) is 21.6 Å². The molecule has 0 spiro atoms. The van der Waals surface area contributed by atoms with E-state index in [0.29, 0.717) is 39.3 Å². The van der Waals surface area contributed by atoms with Gasteiger partial charge in [-0.25, -0.2) is 9.07 Å². The second-order valence-electron chi connectivity index (χ2n) is 5.97. The van der Waals surface area contributed by atoms with Gasteiger partial charge in [0.1, 0.15) is 11.6 Å². The molecule has 1 aliphatic rings. The molecule has 5 nitrogen and oxygen atoms in total. The van der Waals surface area contributed by atoms with E-state index in [4.69, 9.17) is 23.2 Å². The maximum atomic E-state index is 13.3. The number of anilines is 1. The number of amides is 1. The lowest BCUT2D eigenvalue weighted by molar-refractivity contribution is 0.102. The van der Waals surface area contributed by atoms with Gasteiger partial charge in [-0.15, -0.1) is 0 Å². The number of rotatable bonds is 3. The second kappa shape index (κ2) is 7.07. The van der Waals surface area contributed by atoms with Crippen LogP contribution >= 0.6 is 23.2 Å². The number of carbonyl (C=O) groups excluding carboxylic acids is 1. The van der Waals surface area contributed by atoms with Gasteiger partial charge in [-0.2, -0.15) is 5.10 Å². The molecule has 1 atom stereocenters. The van der Waals surface area contributed by atoms with E-state index in [2.05, 4.69) is 10.4 Å². The summed E-state index contributed by atoms with van der Waals surface area (Å²) in [5, 5.41) is 7.90. The molecule has 0 saturated carbocycles. The molecule has 1 aliphatic heterocycles. The van der Waals surface area contributed by atoms with Crippen molar-refractivity contribution in [2.45, 2.75) is 11.5 Å². The predicted octanol–water partition coefficient (Wildman–Crippen LogP) is 4.33. The molecule has 0 bridgehead atoms. The zero-order valence-electron chi connectivity index (χ0n) is 13.7. The monoisotopic (exact) mass is 423 g/mol. The van der Waals surface area contributed by atoms with Crippen molar-refractivity contribution < 1.29 is 13.4 Å². The van der Waals surface area contributed by atoms with Gasteiger partial charge < -0.3 is 5.32 Å². The molecule has 138 valence electrons. The molecule has 4 rings (SSSR count). The van der Waals surface area contributed by atoms with Crippen LogP contribution in [0.3, 0.4) is 0 Å². The molecule has 2 aromatic carbocycles. The molecule has 1 amide bonds. The minimum Gasteiger partial charge on any atom is -0.306 e. The van der Waals surface area contributed by atoms with Gasteiger partial charge in [0.15, 0.2) is 0 Å². The van der Waals surface area contributed by atoms with Gasteiger partial charge in [-0.3, -0.25) is 9.00 Å². The molecule has 0 aliphatic carbocycles. The average Bonchev–Trinajstić information content (AvgIpc) is 3.13. The van der Waals surface area contributed by atoms with Crippen molar-refractivity contribution in [1.29, 1.82) is 0 Å². The summed E-state index contributed by atoms with van der Waals surface area (Å²) in [5.74, 6) is 0.186. The highest BCUT2D eigenvalue weighted by Gasteiger charge is 2.28. The largest absolute Gasteiger partial charge is 0.306 e. The molecule has 0 saturated heterocycles. The van der Waals surface area contributed by atoms with Gasteiger partial charge in [0.25, 0.3) is 5.91 Å². The van der Waals surface area contributed by atoms with Crippen molar-refractivity contribution in [3.63, 3.8) is 0 Å². The zero-order valence-corrected chi connectivity index (χ0v) is 16.0. The van der Waals surface area contributed by atoms with E-state index in [1.807, 2.05) is 0 Å². The van der Waals surface area contributed by atoms with Crippen molar-refractivity contribution in [2.24, 2.45) is 0 Å². The fourth-order valence-electron chi connectivity index (χ4n) is 2.87. The molecule has 1 aromatic heterocycles. The number of benzene rings is 2. The van der Waals surface area contributed by atoms with Crippen molar-refractivity contribution in [2.75, 3.05) is 5.32 Å². The van der Waals surface area contributed by atoms with Crippen LogP contribution < -0.4 is 5.32 Å². The molecule has 0 fully saturated rings. The molecular weight excluding hydrogens is 412 g/mol. The Morgan fingerprint density at radius 2 is 1.89 bits per heavy atom. The molecule has 2 heterocycles. The summed E-state index contributed by atoms with van der Waals surface area (Å²) >= 11 is 12.0. The number of nitrogens with one attached hydrogen (secondary N) is 1. The number of carbonyl (C=O) groups is 1. The molecule has 1 N–H and O–H groups in total. The maximum absolute atomic E-state index is 13.3. The minimum atomic E-state index is -1.06. The lowest BCUT2D eigenvalue weighted by Gasteiger charge is -2.12. The van der Waals surface area contributed by atoms with E-state index in [9.17, 15) is 13.4 Å². The third-order valence-corrected chi connectivity index (χ3v) is 5.90. The Morgan fingerprint density at radius 1 is 1.15 bits per heavy atom. The van der Waals surface area contributed by atoms with Crippen LogP contribution in [0.25, 0.3) is 5.69 Å². The number of hydrogen-bond acceptors (Lipinski definition) is 3. The number of halogens is 3. The summed E-state index contributed by atoms with van der Waals surface area (Å²) in [6.07, 6.45) is 0. The standard InChI is InChI=1S/C18H12Cl2FN3O2S/c19-10-1-6-13(15(20)7-10)18(25)22-17-14-8-27(26)9-16(14)23-24(17)12-4-2-11(21)3-5-12/h1-7H,8-9H2,(H,22,25)/t27-/m0/s1. The van der Waals surface area contributed by atoms with Crippen LogP contribution in [0, 0.1) is 5.82 Å². The summed E-state index contributed by atoms with van der Waals surface area (Å²) in [6.45, 7) is 0. The second-order valence-corrected chi connectivity index (χ2v) is 8.27. The quantitative estimate of drug-likeness (QED) is 0.681. The lowest BCUT2D eigenvalue weighted by atomic mass is 10.2. The number of nitrogens with zero attached hydrogens (tertiary/aromatic N) is 2. The molecule has 27 heavy (non-hydrogen) atoms. The Bertz CT molecular complexity index is 1080. The van der Waals surface area contributed by atoms with Gasteiger partial charge in [-0.05, 0) is 42.5 Å². The molecule has 9 heteroatoms. The highest BCUT2D eigenvalue weighted by Crippen LogP contribution is 2.32. The Labute approximate surface area is 166 Å². The zero-order chi connectivity index (χ0) is 19.1. The van der Waals surface area contributed by atoms with Crippen LogP contribution in [0.5, 0.6) is 0 Å². The van der Waals surface area contributed by atoms with E-state index < -0.39 is 16.7 Å². The Kier molecular flexibility index (Phi) is 4.75. The first-order chi connectivity index (χ1) is 12.9. The van der Waals surface area contributed by atoms with E-state index >= 15 is 0 Å². The fraction of sp³-hybridized carbons (Fsp3) is 0.111. The molecule has 0 radical (unpaired) electrons. The van der Waals surface area contributed by atoms with E-state index in [0.717, 1.165) is 0 Å². The van der Waals surface area contributed by atoms with Gasteiger partial charge in [-0.1, -0.05) is 23.2 Å². The highest BCUT2D eigenvalue weighted by atomic mass is 35.5. The molecular formula is C18H12Cl2FN3O2S. The molecule has 3 aromatic rings. The smallest absolute Gasteiger partial charge is 0.258 e. The first kappa shape index (κ1) is 18.2. The van der Waals surface area contributed by atoms with Crippen molar-refractivity contribution in [1.82, 2.24) is 9.78 Å². The van der Waals surface area contributed by atoms with Crippen LogP contribution in [-0.4, -0.2) is 19.9 Å². The Hall–Kier alpha value is -2.22. The van der Waals surface area contributed by atoms with Crippen LogP contribution in [0.4, 0.5) is 10.2 Å². The number of fused-ring (bicyclic) bond motifs is 1. The normalized spacial score (nSPS) is 15.6. The maximum Gasteiger partial charge on any atom is 0.258 e. The molecule has 0 unspecified atom stereocenters. The Morgan fingerprint density at radius 3 is 2.59 bits per heavy atom. The number of hydrogen-bond donors (Lipinski definition) is 1. The van der Waals surface area contributed by atoms with Gasteiger partial charge in [0.05, 0.1) is 33.5 Å². The summed E-state index contributed by atoms with van der Waals surface area (Å²) in [4.78, 5) is 12.7. The topological polar surface area (TPSA) is 64.0 Å². The van der Waals surface area contributed by atoms with Gasteiger partial charge in [0, 0.05) is 21.4 Å².